The summed E-state index contributed by atoms with van der Waals surface area (Å²) in [5.74, 6) is -0.674. The number of ether oxygens (including phenoxy) is 2. The predicted molar refractivity (Wildman–Crippen MR) is 123 cm³/mol. The summed E-state index contributed by atoms with van der Waals surface area (Å²) >= 11 is 0. The molecule has 3 aromatic rings. The number of esters is 1. The number of fused-ring (bicyclic) bond motifs is 1. The highest BCUT2D eigenvalue weighted by molar-refractivity contribution is 7.92. The lowest BCUT2D eigenvalue weighted by Crippen LogP contribution is -2.48. The Bertz CT molecular complexity index is 1260. The van der Waals surface area contributed by atoms with Crippen LogP contribution < -0.4 is 14.4 Å². The summed E-state index contributed by atoms with van der Waals surface area (Å²) in [7, 11) is -3.91. The third-order valence-electron chi connectivity index (χ3n) is 5.02. The number of nitrogens with zero attached hydrogens (tertiary/aromatic N) is 1. The van der Waals surface area contributed by atoms with Crippen molar-refractivity contribution in [2.75, 3.05) is 22.8 Å². The molecule has 1 amide bonds. The molecule has 33 heavy (non-hydrogen) atoms. The summed E-state index contributed by atoms with van der Waals surface area (Å²) < 4.78 is 38.6. The lowest BCUT2D eigenvalue weighted by molar-refractivity contribution is -0.122. The predicted octanol–water partition coefficient (Wildman–Crippen LogP) is 3.46. The largest absolute Gasteiger partial charge is 0.476 e. The third kappa shape index (κ3) is 4.68. The molecular formula is C24H22N2O6S. The van der Waals surface area contributed by atoms with Crippen molar-refractivity contribution in [3.8, 4) is 5.75 Å². The first-order chi connectivity index (χ1) is 15.9. The number of hydrogen-bond acceptors (Lipinski definition) is 6. The number of rotatable bonds is 6. The molecule has 0 spiro atoms. The molecule has 0 aliphatic carbocycles. The van der Waals surface area contributed by atoms with Crippen LogP contribution in [0.4, 0.5) is 11.4 Å². The van der Waals surface area contributed by atoms with Crippen molar-refractivity contribution in [3.63, 3.8) is 0 Å². The molecule has 0 bridgehead atoms. The molecule has 3 aromatic carbocycles. The first-order valence-corrected chi connectivity index (χ1v) is 11.8. The Morgan fingerprint density at radius 1 is 1.00 bits per heavy atom. The standard InChI is InChI=1S/C24H22N2O6S/c1-2-31-24(28)17-12-14-18(15-13-17)25-23(27)22-16-26(20-10-6-7-11-21(20)32-22)33(29,30)19-8-4-3-5-9-19/h3-15,22H,2,16H2,1H3,(H,25,27)/t22-/m1/s1. The molecule has 1 aliphatic heterocycles. The van der Waals surface area contributed by atoms with Gasteiger partial charge >= 0.3 is 5.97 Å². The second-order valence-corrected chi connectivity index (χ2v) is 9.07. The minimum Gasteiger partial charge on any atom is -0.476 e. The summed E-state index contributed by atoms with van der Waals surface area (Å²) in [6.45, 7) is 1.79. The number of sulfonamides is 1. The molecule has 0 radical (unpaired) electrons. The topological polar surface area (TPSA) is 102 Å². The summed E-state index contributed by atoms with van der Waals surface area (Å²) in [4.78, 5) is 24.9. The van der Waals surface area contributed by atoms with Crippen molar-refractivity contribution in [1.29, 1.82) is 0 Å². The summed E-state index contributed by atoms with van der Waals surface area (Å²) in [5, 5.41) is 2.71. The van der Waals surface area contributed by atoms with E-state index in [1.54, 1.807) is 61.5 Å². The number of carbonyl (C=O) groups is 2. The maximum atomic E-state index is 13.3. The Hall–Kier alpha value is -3.85. The first-order valence-electron chi connectivity index (χ1n) is 10.3. The van der Waals surface area contributed by atoms with Crippen molar-refractivity contribution in [2.24, 2.45) is 0 Å². The van der Waals surface area contributed by atoms with Crippen LogP contribution in [0.25, 0.3) is 0 Å². The molecule has 0 unspecified atom stereocenters. The maximum absolute atomic E-state index is 13.3. The van der Waals surface area contributed by atoms with Crippen LogP contribution in [-0.2, 0) is 19.6 Å². The van der Waals surface area contributed by atoms with Gasteiger partial charge in [0.1, 0.15) is 5.75 Å². The number of benzene rings is 3. The molecule has 1 aliphatic rings. The van der Waals surface area contributed by atoms with Crippen LogP contribution in [0.3, 0.4) is 0 Å². The van der Waals surface area contributed by atoms with E-state index in [0.717, 1.165) is 0 Å². The Morgan fingerprint density at radius 3 is 2.36 bits per heavy atom. The van der Waals surface area contributed by atoms with Gasteiger partial charge in [-0.05, 0) is 55.5 Å². The quantitative estimate of drug-likeness (QED) is 0.559. The average Bonchev–Trinajstić information content (AvgIpc) is 2.84. The average molecular weight is 467 g/mol. The first kappa shape index (κ1) is 22.3. The fourth-order valence-electron chi connectivity index (χ4n) is 3.41. The molecule has 170 valence electrons. The van der Waals surface area contributed by atoms with E-state index in [1.807, 2.05) is 0 Å². The zero-order chi connectivity index (χ0) is 23.4. The van der Waals surface area contributed by atoms with Crippen molar-refractivity contribution >= 4 is 33.3 Å². The molecule has 0 fully saturated rings. The highest BCUT2D eigenvalue weighted by Crippen LogP contribution is 2.36. The number of carbonyl (C=O) groups excluding carboxylic acids is 2. The normalized spacial score (nSPS) is 15.2. The van der Waals surface area contributed by atoms with Crippen molar-refractivity contribution < 1.29 is 27.5 Å². The van der Waals surface area contributed by atoms with Crippen LogP contribution in [0.15, 0.2) is 83.8 Å². The smallest absolute Gasteiger partial charge is 0.338 e. The fourth-order valence-corrected chi connectivity index (χ4v) is 4.91. The van der Waals surface area contributed by atoms with E-state index >= 15 is 0 Å². The molecule has 1 N–H and O–H groups in total. The van der Waals surface area contributed by atoms with Crippen LogP contribution in [0.1, 0.15) is 17.3 Å². The highest BCUT2D eigenvalue weighted by atomic mass is 32.2. The molecule has 4 rings (SSSR count). The zero-order valence-corrected chi connectivity index (χ0v) is 18.6. The van der Waals surface area contributed by atoms with Crippen LogP contribution in [0.2, 0.25) is 0 Å². The van der Waals surface area contributed by atoms with Gasteiger partial charge in [0.25, 0.3) is 15.9 Å². The number of hydrogen-bond donors (Lipinski definition) is 1. The van der Waals surface area contributed by atoms with Crippen LogP contribution >= 0.6 is 0 Å². The molecular weight excluding hydrogens is 444 g/mol. The molecule has 1 atom stereocenters. The molecule has 0 aromatic heterocycles. The van der Waals surface area contributed by atoms with Crippen molar-refractivity contribution in [1.82, 2.24) is 0 Å². The number of para-hydroxylation sites is 2. The van der Waals surface area contributed by atoms with E-state index in [0.29, 0.717) is 22.7 Å². The van der Waals surface area contributed by atoms with Gasteiger partial charge in [0.15, 0.2) is 6.10 Å². The zero-order valence-electron chi connectivity index (χ0n) is 17.8. The summed E-state index contributed by atoms with van der Waals surface area (Å²) in [5.41, 5.74) is 1.16. The highest BCUT2D eigenvalue weighted by Gasteiger charge is 2.37. The Balaban J connectivity index is 1.57. The SMILES string of the molecule is CCOC(=O)c1ccc(NC(=O)[C@H]2CN(S(=O)(=O)c3ccccc3)c3ccccc3O2)cc1. The van der Waals surface area contributed by atoms with Crippen LogP contribution in [0.5, 0.6) is 5.75 Å². The Kier molecular flexibility index (Phi) is 6.32. The number of anilines is 2. The van der Waals surface area contributed by atoms with Crippen molar-refractivity contribution in [2.45, 2.75) is 17.9 Å². The van der Waals surface area contributed by atoms with Crippen LogP contribution in [-0.4, -0.2) is 39.5 Å². The Labute approximate surface area is 191 Å². The number of amides is 1. The van der Waals surface area contributed by atoms with Gasteiger partial charge in [0.05, 0.1) is 29.3 Å². The van der Waals surface area contributed by atoms with Gasteiger partial charge < -0.3 is 14.8 Å². The molecule has 9 heteroatoms. The van der Waals surface area contributed by atoms with Crippen molar-refractivity contribution in [3.05, 3.63) is 84.4 Å². The van der Waals surface area contributed by atoms with E-state index in [2.05, 4.69) is 5.32 Å². The minimum absolute atomic E-state index is 0.121. The Morgan fingerprint density at radius 2 is 1.67 bits per heavy atom. The van der Waals surface area contributed by atoms with E-state index < -0.39 is 28.0 Å². The molecule has 8 nitrogen and oxygen atoms in total. The summed E-state index contributed by atoms with van der Waals surface area (Å²) in [6, 6.07) is 20.9. The van der Waals surface area contributed by atoms with E-state index in [9.17, 15) is 18.0 Å². The second-order valence-electron chi connectivity index (χ2n) is 7.21. The van der Waals surface area contributed by atoms with E-state index in [1.165, 1.54) is 28.6 Å². The lowest BCUT2D eigenvalue weighted by Gasteiger charge is -2.34. The van der Waals surface area contributed by atoms with Crippen LogP contribution in [0, 0.1) is 0 Å². The van der Waals surface area contributed by atoms with E-state index in [-0.39, 0.29) is 18.0 Å². The third-order valence-corrected chi connectivity index (χ3v) is 6.82. The minimum atomic E-state index is -3.91. The van der Waals surface area contributed by atoms with Gasteiger partial charge in [-0.2, -0.15) is 0 Å². The monoisotopic (exact) mass is 466 g/mol. The van der Waals surface area contributed by atoms with Gasteiger partial charge in [0, 0.05) is 5.69 Å². The van der Waals surface area contributed by atoms with Gasteiger partial charge in [-0.25, -0.2) is 13.2 Å². The van der Waals surface area contributed by atoms with Gasteiger partial charge in [0.2, 0.25) is 0 Å². The fraction of sp³-hybridized carbons (Fsp3) is 0.167. The van der Waals surface area contributed by atoms with E-state index in [4.69, 9.17) is 9.47 Å². The maximum Gasteiger partial charge on any atom is 0.338 e. The van der Waals surface area contributed by atoms with Gasteiger partial charge in [-0.1, -0.05) is 30.3 Å². The van der Waals surface area contributed by atoms with Gasteiger partial charge in [-0.3, -0.25) is 9.10 Å². The molecule has 1 heterocycles. The number of nitrogens with one attached hydrogen (secondary N) is 1. The molecule has 0 saturated carbocycles. The summed E-state index contributed by atoms with van der Waals surface area (Å²) in [6.07, 6.45) is -1.08. The molecule has 0 saturated heterocycles. The van der Waals surface area contributed by atoms with Gasteiger partial charge in [-0.15, -0.1) is 0 Å². The second kappa shape index (κ2) is 9.33. The lowest BCUT2D eigenvalue weighted by atomic mass is 10.2.